The smallest absolute Gasteiger partial charge is 0.127 e. The summed E-state index contributed by atoms with van der Waals surface area (Å²) in [6, 6.07) is 15.2. The van der Waals surface area contributed by atoms with Crippen LogP contribution in [0.15, 0.2) is 48.5 Å². The second-order valence-electron chi connectivity index (χ2n) is 3.65. The molecular weight excluding hydrogens is 212 g/mol. The van der Waals surface area contributed by atoms with Crippen molar-refractivity contribution in [2.75, 3.05) is 6.61 Å². The van der Waals surface area contributed by atoms with Crippen LogP contribution in [-0.2, 0) is 0 Å². The molecule has 0 aliphatic rings. The molecule has 0 amide bonds. The molecule has 2 aromatic rings. The molecule has 0 spiro atoms. The Balaban J connectivity index is 2.08. The van der Waals surface area contributed by atoms with Crippen molar-refractivity contribution in [3.05, 3.63) is 61.0 Å². The molecular formula is C15H15O2. The minimum atomic E-state index is 0.670. The van der Waals surface area contributed by atoms with E-state index in [-0.39, 0.29) is 0 Å². The fourth-order valence-corrected chi connectivity index (χ4v) is 1.52. The minimum absolute atomic E-state index is 0.670. The van der Waals surface area contributed by atoms with Crippen molar-refractivity contribution in [1.29, 1.82) is 0 Å². The molecule has 0 saturated carbocycles. The molecule has 0 fully saturated rings. The lowest BCUT2D eigenvalue weighted by Crippen LogP contribution is -1.91. The van der Waals surface area contributed by atoms with Crippen molar-refractivity contribution in [3.8, 4) is 17.2 Å². The van der Waals surface area contributed by atoms with Crippen LogP contribution in [-0.4, -0.2) is 6.61 Å². The first kappa shape index (κ1) is 11.5. The van der Waals surface area contributed by atoms with Crippen molar-refractivity contribution in [2.45, 2.75) is 6.92 Å². The van der Waals surface area contributed by atoms with Gasteiger partial charge in [-0.2, -0.15) is 0 Å². The zero-order chi connectivity index (χ0) is 12.1. The first-order valence-corrected chi connectivity index (χ1v) is 5.60. The van der Waals surface area contributed by atoms with Crippen LogP contribution in [0.3, 0.4) is 0 Å². The summed E-state index contributed by atoms with van der Waals surface area (Å²) in [7, 11) is 0. The maximum Gasteiger partial charge on any atom is 0.127 e. The van der Waals surface area contributed by atoms with Gasteiger partial charge < -0.3 is 9.47 Å². The molecule has 0 aliphatic carbocycles. The fraction of sp³-hybridized carbons (Fsp3) is 0.133. The van der Waals surface area contributed by atoms with E-state index >= 15 is 0 Å². The van der Waals surface area contributed by atoms with E-state index in [4.69, 9.17) is 9.47 Å². The third-order valence-corrected chi connectivity index (χ3v) is 2.27. The maximum absolute atomic E-state index is 5.70. The number of ether oxygens (including phenoxy) is 2. The Labute approximate surface area is 102 Å². The Kier molecular flexibility index (Phi) is 3.66. The van der Waals surface area contributed by atoms with E-state index in [1.165, 1.54) is 0 Å². The monoisotopic (exact) mass is 227 g/mol. The zero-order valence-electron chi connectivity index (χ0n) is 9.85. The van der Waals surface area contributed by atoms with E-state index in [1.54, 1.807) is 0 Å². The molecule has 0 bridgehead atoms. The van der Waals surface area contributed by atoms with Crippen molar-refractivity contribution in [1.82, 2.24) is 0 Å². The quantitative estimate of drug-likeness (QED) is 0.784. The van der Waals surface area contributed by atoms with Crippen molar-refractivity contribution in [2.24, 2.45) is 0 Å². The van der Waals surface area contributed by atoms with E-state index in [1.807, 2.05) is 55.5 Å². The molecule has 0 unspecified atom stereocenters. The molecule has 1 radical (unpaired) electrons. The van der Waals surface area contributed by atoms with Gasteiger partial charge in [-0.05, 0) is 55.8 Å². The molecule has 0 saturated heterocycles. The SMILES string of the molecule is [CH2]c1cccc(Oc2ccc(OCC)cc2)c1. The molecule has 0 N–H and O–H groups in total. The van der Waals surface area contributed by atoms with Crippen LogP contribution in [0.1, 0.15) is 12.5 Å². The molecule has 2 heteroatoms. The zero-order valence-corrected chi connectivity index (χ0v) is 9.85. The standard InChI is InChI=1S/C15H15O2/c1-3-16-13-7-9-14(10-8-13)17-15-6-4-5-12(2)11-15/h4-11H,2-3H2,1H3. The molecule has 0 aromatic heterocycles. The fourth-order valence-electron chi connectivity index (χ4n) is 1.52. The highest BCUT2D eigenvalue weighted by Gasteiger charge is 1.98. The van der Waals surface area contributed by atoms with Crippen LogP contribution >= 0.6 is 0 Å². The molecule has 87 valence electrons. The molecule has 0 aliphatic heterocycles. The van der Waals surface area contributed by atoms with Gasteiger partial charge in [0.25, 0.3) is 0 Å². The van der Waals surface area contributed by atoms with Crippen LogP contribution in [0.5, 0.6) is 17.2 Å². The van der Waals surface area contributed by atoms with Gasteiger partial charge in [0.05, 0.1) is 6.61 Å². The average Bonchev–Trinajstić information content (AvgIpc) is 2.32. The van der Waals surface area contributed by atoms with E-state index in [0.717, 1.165) is 22.8 Å². The summed E-state index contributed by atoms with van der Waals surface area (Å²) in [6.45, 7) is 6.49. The summed E-state index contributed by atoms with van der Waals surface area (Å²) in [5.41, 5.74) is 0.938. The van der Waals surface area contributed by atoms with Crippen LogP contribution in [0.4, 0.5) is 0 Å². The summed E-state index contributed by atoms with van der Waals surface area (Å²) in [5.74, 6) is 2.44. The van der Waals surface area contributed by atoms with Crippen molar-refractivity contribution >= 4 is 0 Å². The van der Waals surface area contributed by atoms with Gasteiger partial charge in [0.15, 0.2) is 0 Å². The van der Waals surface area contributed by atoms with E-state index in [2.05, 4.69) is 6.92 Å². The highest BCUT2D eigenvalue weighted by atomic mass is 16.5. The lowest BCUT2D eigenvalue weighted by atomic mass is 10.2. The Morgan fingerprint density at radius 3 is 2.29 bits per heavy atom. The van der Waals surface area contributed by atoms with Gasteiger partial charge in [-0.3, -0.25) is 0 Å². The minimum Gasteiger partial charge on any atom is -0.494 e. The summed E-state index contributed by atoms with van der Waals surface area (Å²) in [5, 5.41) is 0. The normalized spacial score (nSPS) is 10.0. The predicted molar refractivity (Wildman–Crippen MR) is 68.6 cm³/mol. The second-order valence-corrected chi connectivity index (χ2v) is 3.65. The van der Waals surface area contributed by atoms with Gasteiger partial charge in [-0.15, -0.1) is 0 Å². The maximum atomic E-state index is 5.70. The third kappa shape index (κ3) is 3.25. The molecule has 2 aromatic carbocycles. The highest BCUT2D eigenvalue weighted by molar-refractivity contribution is 5.37. The van der Waals surface area contributed by atoms with Crippen molar-refractivity contribution < 1.29 is 9.47 Å². The summed E-state index contributed by atoms with van der Waals surface area (Å²) < 4.78 is 11.1. The predicted octanol–water partition coefficient (Wildman–Crippen LogP) is 4.06. The number of benzene rings is 2. The summed E-state index contributed by atoms with van der Waals surface area (Å²) >= 11 is 0. The number of hydrogen-bond acceptors (Lipinski definition) is 2. The number of rotatable bonds is 4. The van der Waals surface area contributed by atoms with Crippen LogP contribution in [0.2, 0.25) is 0 Å². The van der Waals surface area contributed by atoms with Gasteiger partial charge in [-0.25, -0.2) is 0 Å². The summed E-state index contributed by atoms with van der Waals surface area (Å²) in [4.78, 5) is 0. The largest absolute Gasteiger partial charge is 0.494 e. The van der Waals surface area contributed by atoms with E-state index < -0.39 is 0 Å². The Morgan fingerprint density at radius 2 is 1.65 bits per heavy atom. The summed E-state index contributed by atoms with van der Waals surface area (Å²) in [6.07, 6.45) is 0. The average molecular weight is 227 g/mol. The van der Waals surface area contributed by atoms with Gasteiger partial charge in [-0.1, -0.05) is 12.1 Å². The Bertz CT molecular complexity index is 475. The van der Waals surface area contributed by atoms with E-state index in [0.29, 0.717) is 6.61 Å². The molecule has 2 nitrogen and oxygen atoms in total. The van der Waals surface area contributed by atoms with E-state index in [9.17, 15) is 0 Å². The molecule has 2 rings (SSSR count). The Hall–Kier alpha value is -1.96. The molecule has 0 atom stereocenters. The second kappa shape index (κ2) is 5.39. The highest BCUT2D eigenvalue weighted by Crippen LogP contribution is 2.24. The first-order chi connectivity index (χ1) is 8.28. The lowest BCUT2D eigenvalue weighted by molar-refractivity contribution is 0.339. The van der Waals surface area contributed by atoms with Gasteiger partial charge >= 0.3 is 0 Å². The van der Waals surface area contributed by atoms with Crippen LogP contribution < -0.4 is 9.47 Å². The topological polar surface area (TPSA) is 18.5 Å². The Morgan fingerprint density at radius 1 is 0.941 bits per heavy atom. The first-order valence-electron chi connectivity index (χ1n) is 5.60. The lowest BCUT2D eigenvalue weighted by Gasteiger charge is -2.07. The van der Waals surface area contributed by atoms with Gasteiger partial charge in [0.2, 0.25) is 0 Å². The van der Waals surface area contributed by atoms with Crippen LogP contribution in [0.25, 0.3) is 0 Å². The van der Waals surface area contributed by atoms with Crippen LogP contribution in [0, 0.1) is 6.92 Å². The molecule has 17 heavy (non-hydrogen) atoms. The van der Waals surface area contributed by atoms with Crippen molar-refractivity contribution in [3.63, 3.8) is 0 Å². The number of hydrogen-bond donors (Lipinski definition) is 0. The molecule has 0 heterocycles. The van der Waals surface area contributed by atoms with Gasteiger partial charge in [0.1, 0.15) is 17.2 Å². The third-order valence-electron chi connectivity index (χ3n) is 2.27. The van der Waals surface area contributed by atoms with Gasteiger partial charge in [0, 0.05) is 0 Å².